The van der Waals surface area contributed by atoms with E-state index >= 15 is 0 Å². The van der Waals surface area contributed by atoms with E-state index in [0.29, 0.717) is 12.3 Å². The molecule has 0 saturated carbocycles. The molecule has 0 bridgehead atoms. The minimum Gasteiger partial charge on any atom is -0.444 e. The average molecular weight is 303 g/mol. The zero-order valence-corrected chi connectivity index (χ0v) is 13.2. The van der Waals surface area contributed by atoms with Gasteiger partial charge in [-0.05, 0) is 39.7 Å². The molecule has 0 spiro atoms. The number of rotatable bonds is 1. The number of hydrogen-bond acceptors (Lipinski definition) is 5. The van der Waals surface area contributed by atoms with Crippen LogP contribution in [0.4, 0.5) is 4.79 Å². The highest BCUT2D eigenvalue weighted by atomic mass is 16.6. The first-order valence-electron chi connectivity index (χ1n) is 7.56. The Labute approximate surface area is 129 Å². The fourth-order valence-corrected chi connectivity index (χ4v) is 2.78. The predicted molar refractivity (Wildman–Crippen MR) is 80.6 cm³/mol. The van der Waals surface area contributed by atoms with Crippen LogP contribution in [0.3, 0.4) is 0 Å². The summed E-state index contributed by atoms with van der Waals surface area (Å²) >= 11 is 0. The van der Waals surface area contributed by atoms with Crippen molar-refractivity contribution in [2.45, 2.75) is 45.1 Å². The lowest BCUT2D eigenvalue weighted by Crippen LogP contribution is -2.42. The summed E-state index contributed by atoms with van der Waals surface area (Å²) < 4.78 is 7.23. The second kappa shape index (κ2) is 5.55. The summed E-state index contributed by atoms with van der Waals surface area (Å²) in [4.78, 5) is 22.3. The molecule has 1 atom stereocenters. The maximum Gasteiger partial charge on any atom is 0.410 e. The molecule has 0 aromatic carbocycles. The van der Waals surface area contributed by atoms with Gasteiger partial charge in [-0.1, -0.05) is 0 Å². The van der Waals surface area contributed by atoms with Crippen LogP contribution in [0.25, 0.3) is 5.78 Å². The number of fused-ring (bicyclic) bond motifs is 1. The number of piperidine rings is 1. The Balaban J connectivity index is 1.78. The SMILES string of the molecule is CC(C)(C)OC(=O)N1CCCC(c2ccnc3ncnn23)C1. The Morgan fingerprint density at radius 1 is 1.36 bits per heavy atom. The molecule has 2 aromatic rings. The Bertz CT molecular complexity index is 676. The molecule has 1 aliphatic heterocycles. The van der Waals surface area contributed by atoms with E-state index in [1.165, 1.54) is 6.33 Å². The van der Waals surface area contributed by atoms with Crippen molar-refractivity contribution < 1.29 is 9.53 Å². The molecule has 2 aromatic heterocycles. The van der Waals surface area contributed by atoms with Crippen molar-refractivity contribution in [2.75, 3.05) is 13.1 Å². The lowest BCUT2D eigenvalue weighted by atomic mass is 9.95. The second-order valence-electron chi connectivity index (χ2n) is 6.61. The molecule has 7 heteroatoms. The van der Waals surface area contributed by atoms with Crippen LogP contribution in [0.1, 0.15) is 45.2 Å². The Hall–Kier alpha value is -2.18. The molecule has 0 aliphatic carbocycles. The molecule has 22 heavy (non-hydrogen) atoms. The lowest BCUT2D eigenvalue weighted by Gasteiger charge is -2.34. The normalized spacial score (nSPS) is 19.4. The van der Waals surface area contributed by atoms with Crippen molar-refractivity contribution in [1.29, 1.82) is 0 Å². The molecule has 3 rings (SSSR count). The van der Waals surface area contributed by atoms with E-state index < -0.39 is 5.60 Å². The first-order chi connectivity index (χ1) is 10.4. The topological polar surface area (TPSA) is 72.6 Å². The Kier molecular flexibility index (Phi) is 3.72. The van der Waals surface area contributed by atoms with Crippen LogP contribution in [0.2, 0.25) is 0 Å². The van der Waals surface area contributed by atoms with Crippen LogP contribution >= 0.6 is 0 Å². The Morgan fingerprint density at radius 2 is 2.18 bits per heavy atom. The molecule has 7 nitrogen and oxygen atoms in total. The summed E-state index contributed by atoms with van der Waals surface area (Å²) in [5, 5.41) is 4.23. The number of carbonyl (C=O) groups excluding carboxylic acids is 1. The molecule has 1 amide bonds. The highest BCUT2D eigenvalue weighted by molar-refractivity contribution is 5.68. The quantitative estimate of drug-likeness (QED) is 0.808. The monoisotopic (exact) mass is 303 g/mol. The van der Waals surface area contributed by atoms with Gasteiger partial charge in [0.05, 0.1) is 5.69 Å². The summed E-state index contributed by atoms with van der Waals surface area (Å²) in [5.74, 6) is 0.806. The van der Waals surface area contributed by atoms with Crippen molar-refractivity contribution in [1.82, 2.24) is 24.5 Å². The van der Waals surface area contributed by atoms with Gasteiger partial charge in [0.15, 0.2) is 0 Å². The van der Waals surface area contributed by atoms with Gasteiger partial charge < -0.3 is 9.64 Å². The maximum atomic E-state index is 12.3. The van der Waals surface area contributed by atoms with E-state index in [0.717, 1.165) is 25.1 Å². The van der Waals surface area contributed by atoms with E-state index in [4.69, 9.17) is 4.74 Å². The zero-order valence-electron chi connectivity index (χ0n) is 13.2. The third-order valence-corrected chi connectivity index (χ3v) is 3.70. The van der Waals surface area contributed by atoms with Crippen molar-refractivity contribution in [2.24, 2.45) is 0 Å². The van der Waals surface area contributed by atoms with E-state index in [2.05, 4.69) is 15.1 Å². The molecule has 3 heterocycles. The molecule has 1 saturated heterocycles. The van der Waals surface area contributed by atoms with Crippen molar-refractivity contribution in [3.63, 3.8) is 0 Å². The molecule has 0 N–H and O–H groups in total. The first-order valence-corrected chi connectivity index (χ1v) is 7.56. The van der Waals surface area contributed by atoms with E-state index in [1.54, 1.807) is 15.6 Å². The van der Waals surface area contributed by atoms with Gasteiger partial charge in [0.2, 0.25) is 0 Å². The Morgan fingerprint density at radius 3 is 2.95 bits per heavy atom. The maximum absolute atomic E-state index is 12.3. The van der Waals surface area contributed by atoms with E-state index in [1.807, 2.05) is 26.8 Å². The van der Waals surface area contributed by atoms with E-state index in [-0.39, 0.29) is 12.0 Å². The number of nitrogens with zero attached hydrogens (tertiary/aromatic N) is 5. The van der Waals surface area contributed by atoms with Gasteiger partial charge in [-0.25, -0.2) is 14.3 Å². The fraction of sp³-hybridized carbons (Fsp3) is 0.600. The van der Waals surface area contributed by atoms with Crippen LogP contribution in [0.5, 0.6) is 0 Å². The summed E-state index contributed by atoms with van der Waals surface area (Å²) in [6, 6.07) is 1.95. The molecule has 1 aliphatic rings. The van der Waals surface area contributed by atoms with E-state index in [9.17, 15) is 4.79 Å². The summed E-state index contributed by atoms with van der Waals surface area (Å²) in [6.45, 7) is 7.02. The van der Waals surface area contributed by atoms with Gasteiger partial charge >= 0.3 is 6.09 Å². The number of likely N-dealkylation sites (tertiary alicyclic amines) is 1. The number of amides is 1. The molecule has 0 radical (unpaired) electrons. The summed E-state index contributed by atoms with van der Waals surface area (Å²) in [6.07, 6.45) is 4.95. The van der Waals surface area contributed by atoms with Crippen LogP contribution < -0.4 is 0 Å². The smallest absolute Gasteiger partial charge is 0.410 e. The minimum atomic E-state index is -0.472. The zero-order chi connectivity index (χ0) is 15.7. The van der Waals surface area contributed by atoms with Gasteiger partial charge in [-0.2, -0.15) is 10.1 Å². The molecule has 118 valence electrons. The molecule has 1 unspecified atom stereocenters. The summed E-state index contributed by atoms with van der Waals surface area (Å²) in [7, 11) is 0. The van der Waals surface area contributed by atoms with Crippen molar-refractivity contribution in [3.8, 4) is 0 Å². The van der Waals surface area contributed by atoms with Crippen LogP contribution in [0, 0.1) is 0 Å². The summed E-state index contributed by atoms with van der Waals surface area (Å²) in [5.41, 5.74) is 0.565. The van der Waals surface area contributed by atoms with Gasteiger partial charge in [-0.15, -0.1) is 0 Å². The van der Waals surface area contributed by atoms with Crippen molar-refractivity contribution in [3.05, 3.63) is 24.3 Å². The van der Waals surface area contributed by atoms with Crippen LogP contribution in [0.15, 0.2) is 18.6 Å². The number of carbonyl (C=O) groups is 1. The van der Waals surface area contributed by atoms with Crippen LogP contribution in [-0.4, -0.2) is 49.3 Å². The van der Waals surface area contributed by atoms with Gasteiger partial charge in [0.25, 0.3) is 5.78 Å². The highest BCUT2D eigenvalue weighted by Crippen LogP contribution is 2.27. The minimum absolute atomic E-state index is 0.216. The molecular formula is C15H21N5O2. The first kappa shape index (κ1) is 14.7. The van der Waals surface area contributed by atoms with Gasteiger partial charge in [0.1, 0.15) is 11.9 Å². The number of aromatic nitrogens is 4. The fourth-order valence-electron chi connectivity index (χ4n) is 2.78. The van der Waals surface area contributed by atoms with Crippen molar-refractivity contribution >= 4 is 11.9 Å². The lowest BCUT2D eigenvalue weighted by molar-refractivity contribution is 0.0196. The third-order valence-electron chi connectivity index (χ3n) is 3.70. The predicted octanol–water partition coefficient (Wildman–Crippen LogP) is 2.24. The number of hydrogen-bond donors (Lipinski definition) is 0. The third kappa shape index (κ3) is 3.03. The standard InChI is InChI=1S/C15H21N5O2/c1-15(2,3)22-14(21)19-8-4-5-11(9-19)12-6-7-16-13-17-10-18-20(12)13/h6-7,10-11H,4-5,8-9H2,1-3H3. The average Bonchev–Trinajstić information content (AvgIpc) is 2.94. The molecular weight excluding hydrogens is 282 g/mol. The molecule has 1 fully saturated rings. The number of ether oxygens (including phenoxy) is 1. The largest absolute Gasteiger partial charge is 0.444 e. The van der Waals surface area contributed by atoms with Gasteiger partial charge in [-0.3, -0.25) is 0 Å². The van der Waals surface area contributed by atoms with Gasteiger partial charge in [0, 0.05) is 25.2 Å². The van der Waals surface area contributed by atoms with Crippen LogP contribution in [-0.2, 0) is 4.74 Å². The highest BCUT2D eigenvalue weighted by Gasteiger charge is 2.29. The second-order valence-corrected chi connectivity index (χ2v) is 6.61.